The van der Waals surface area contributed by atoms with E-state index in [0.717, 1.165) is 21.0 Å². The summed E-state index contributed by atoms with van der Waals surface area (Å²) in [5.74, 6) is 0.668. The van der Waals surface area contributed by atoms with Crippen molar-refractivity contribution in [1.29, 1.82) is 0 Å². The molecule has 0 saturated heterocycles. The molecule has 0 aromatic carbocycles. The zero-order valence-electron chi connectivity index (χ0n) is 10.4. The summed E-state index contributed by atoms with van der Waals surface area (Å²) >= 11 is 5.01. The molecule has 100 valence electrons. The van der Waals surface area contributed by atoms with Crippen LogP contribution in [0.4, 0.5) is 5.82 Å². The summed E-state index contributed by atoms with van der Waals surface area (Å²) in [5.41, 5.74) is 0.567. The van der Waals surface area contributed by atoms with E-state index in [0.29, 0.717) is 12.1 Å². The van der Waals surface area contributed by atoms with E-state index in [-0.39, 0.29) is 5.91 Å². The molecule has 0 atom stereocenters. The molecular formula is C13H14BrN3OS. The summed E-state index contributed by atoms with van der Waals surface area (Å²) in [6.07, 6.45) is 1.58. The first kappa shape index (κ1) is 14.0. The van der Waals surface area contributed by atoms with Crippen LogP contribution in [-0.2, 0) is 6.54 Å². The first-order valence-electron chi connectivity index (χ1n) is 5.91. The van der Waals surface area contributed by atoms with E-state index in [1.807, 2.05) is 19.1 Å². The van der Waals surface area contributed by atoms with Crippen LogP contribution >= 0.6 is 27.3 Å². The molecule has 0 bridgehead atoms. The Morgan fingerprint density at radius 3 is 2.79 bits per heavy atom. The molecule has 19 heavy (non-hydrogen) atoms. The minimum absolute atomic E-state index is 0.111. The van der Waals surface area contributed by atoms with Crippen LogP contribution in [0.15, 0.2) is 34.2 Å². The Labute approximate surface area is 124 Å². The number of pyridine rings is 1. The summed E-state index contributed by atoms with van der Waals surface area (Å²) in [4.78, 5) is 17.2. The molecule has 2 N–H and O–H groups in total. The van der Waals surface area contributed by atoms with E-state index < -0.39 is 0 Å². The first-order chi connectivity index (χ1) is 9.19. The van der Waals surface area contributed by atoms with E-state index in [2.05, 4.69) is 31.5 Å². The summed E-state index contributed by atoms with van der Waals surface area (Å²) in [7, 11) is 0. The van der Waals surface area contributed by atoms with Crippen LogP contribution in [0, 0.1) is 0 Å². The summed E-state index contributed by atoms with van der Waals surface area (Å²) in [6.45, 7) is 3.34. The van der Waals surface area contributed by atoms with Crippen LogP contribution in [0.3, 0.4) is 0 Å². The van der Waals surface area contributed by atoms with Crippen molar-refractivity contribution < 1.29 is 4.79 Å². The first-order valence-corrected chi connectivity index (χ1v) is 7.52. The van der Waals surface area contributed by atoms with E-state index in [9.17, 15) is 4.79 Å². The third kappa shape index (κ3) is 4.04. The van der Waals surface area contributed by atoms with Crippen LogP contribution in [0.2, 0.25) is 0 Å². The Morgan fingerprint density at radius 1 is 1.37 bits per heavy atom. The lowest BCUT2D eigenvalue weighted by Crippen LogP contribution is -2.22. The molecule has 0 aliphatic rings. The molecule has 0 spiro atoms. The van der Waals surface area contributed by atoms with Crippen molar-refractivity contribution >= 4 is 39.0 Å². The Morgan fingerprint density at radius 2 is 2.21 bits per heavy atom. The lowest BCUT2D eigenvalue weighted by Gasteiger charge is -2.05. The smallest absolute Gasteiger partial charge is 0.253 e. The molecular weight excluding hydrogens is 326 g/mol. The van der Waals surface area contributed by atoms with Gasteiger partial charge in [0.1, 0.15) is 5.82 Å². The highest BCUT2D eigenvalue weighted by Crippen LogP contribution is 2.21. The topological polar surface area (TPSA) is 54.0 Å². The van der Waals surface area contributed by atoms with Crippen molar-refractivity contribution in [3.8, 4) is 0 Å². The molecule has 2 heterocycles. The number of nitrogens with zero attached hydrogens (tertiary/aromatic N) is 1. The largest absolute Gasteiger partial charge is 0.370 e. The standard InChI is InChI=1S/C13H14BrN3OS/c1-2-15-12-6-3-9(7-16-12)13(18)17-8-10-4-5-11(14)19-10/h3-7H,2,8H2,1H3,(H,15,16)(H,17,18). The molecule has 0 saturated carbocycles. The van der Waals surface area contributed by atoms with Gasteiger partial charge in [-0.3, -0.25) is 4.79 Å². The predicted molar refractivity (Wildman–Crippen MR) is 81.6 cm³/mol. The van der Waals surface area contributed by atoms with Gasteiger partial charge in [0.15, 0.2) is 0 Å². The SMILES string of the molecule is CCNc1ccc(C(=O)NCc2ccc(Br)s2)cn1. The number of hydrogen-bond donors (Lipinski definition) is 2. The Bertz CT molecular complexity index is 553. The van der Waals surface area contributed by atoms with Gasteiger partial charge in [-0.05, 0) is 47.1 Å². The molecule has 4 nitrogen and oxygen atoms in total. The van der Waals surface area contributed by atoms with Gasteiger partial charge in [-0.15, -0.1) is 11.3 Å². The number of thiophene rings is 1. The van der Waals surface area contributed by atoms with Gasteiger partial charge >= 0.3 is 0 Å². The minimum atomic E-state index is -0.111. The number of rotatable bonds is 5. The highest BCUT2D eigenvalue weighted by molar-refractivity contribution is 9.11. The molecule has 0 fully saturated rings. The molecule has 0 radical (unpaired) electrons. The van der Waals surface area contributed by atoms with Gasteiger partial charge in [0.05, 0.1) is 15.9 Å². The lowest BCUT2D eigenvalue weighted by molar-refractivity contribution is 0.0951. The van der Waals surface area contributed by atoms with Crippen LogP contribution < -0.4 is 10.6 Å². The van der Waals surface area contributed by atoms with E-state index >= 15 is 0 Å². The molecule has 2 aromatic heterocycles. The number of hydrogen-bond acceptors (Lipinski definition) is 4. The van der Waals surface area contributed by atoms with Crippen LogP contribution in [0.1, 0.15) is 22.2 Å². The lowest BCUT2D eigenvalue weighted by atomic mass is 10.2. The van der Waals surface area contributed by atoms with Crippen molar-refractivity contribution in [2.24, 2.45) is 0 Å². The van der Waals surface area contributed by atoms with Gasteiger partial charge < -0.3 is 10.6 Å². The second-order valence-corrected chi connectivity index (χ2v) is 6.40. The quantitative estimate of drug-likeness (QED) is 0.878. The molecule has 0 aliphatic heterocycles. The average molecular weight is 340 g/mol. The monoisotopic (exact) mass is 339 g/mol. The highest BCUT2D eigenvalue weighted by atomic mass is 79.9. The number of nitrogens with one attached hydrogen (secondary N) is 2. The van der Waals surface area contributed by atoms with Crippen molar-refractivity contribution in [3.05, 3.63) is 44.7 Å². The maximum atomic E-state index is 11.9. The Hall–Kier alpha value is -1.40. The van der Waals surface area contributed by atoms with E-state index in [1.165, 1.54) is 0 Å². The molecule has 0 unspecified atom stereocenters. The molecule has 2 aromatic rings. The molecule has 1 amide bonds. The van der Waals surface area contributed by atoms with Crippen LogP contribution in [0.5, 0.6) is 0 Å². The number of aromatic nitrogens is 1. The number of carbonyl (C=O) groups excluding carboxylic acids is 1. The van der Waals surface area contributed by atoms with Gasteiger partial charge in [-0.1, -0.05) is 0 Å². The normalized spacial score (nSPS) is 10.2. The fourth-order valence-corrected chi connectivity index (χ4v) is 2.95. The van der Waals surface area contributed by atoms with E-state index in [1.54, 1.807) is 29.7 Å². The van der Waals surface area contributed by atoms with Crippen molar-refractivity contribution in [2.45, 2.75) is 13.5 Å². The zero-order valence-corrected chi connectivity index (χ0v) is 12.8. The fourth-order valence-electron chi connectivity index (χ4n) is 1.53. The number of anilines is 1. The summed E-state index contributed by atoms with van der Waals surface area (Å²) in [5, 5.41) is 5.96. The summed E-state index contributed by atoms with van der Waals surface area (Å²) in [6, 6.07) is 7.53. The van der Waals surface area contributed by atoms with Gasteiger partial charge in [0, 0.05) is 17.6 Å². The van der Waals surface area contributed by atoms with Gasteiger partial charge in [0.25, 0.3) is 5.91 Å². The number of amides is 1. The second-order valence-electron chi connectivity index (χ2n) is 3.85. The number of carbonyl (C=O) groups is 1. The molecule has 0 aliphatic carbocycles. The average Bonchev–Trinajstić information content (AvgIpc) is 2.83. The molecule has 2 rings (SSSR count). The fraction of sp³-hybridized carbons (Fsp3) is 0.231. The van der Waals surface area contributed by atoms with Gasteiger partial charge in [-0.25, -0.2) is 4.98 Å². The zero-order chi connectivity index (χ0) is 13.7. The number of halogens is 1. The summed E-state index contributed by atoms with van der Waals surface area (Å²) < 4.78 is 1.06. The van der Waals surface area contributed by atoms with Crippen LogP contribution in [-0.4, -0.2) is 17.4 Å². The van der Waals surface area contributed by atoms with Gasteiger partial charge in [-0.2, -0.15) is 0 Å². The van der Waals surface area contributed by atoms with Crippen molar-refractivity contribution in [1.82, 2.24) is 10.3 Å². The van der Waals surface area contributed by atoms with Crippen LogP contribution in [0.25, 0.3) is 0 Å². The van der Waals surface area contributed by atoms with Crippen molar-refractivity contribution in [3.63, 3.8) is 0 Å². The third-order valence-electron chi connectivity index (χ3n) is 2.44. The van der Waals surface area contributed by atoms with Gasteiger partial charge in [0.2, 0.25) is 0 Å². The van der Waals surface area contributed by atoms with E-state index in [4.69, 9.17) is 0 Å². The molecule has 6 heteroatoms. The maximum absolute atomic E-state index is 11.9. The Balaban J connectivity index is 1.92. The third-order valence-corrected chi connectivity index (χ3v) is 4.06. The van der Waals surface area contributed by atoms with Crippen molar-refractivity contribution in [2.75, 3.05) is 11.9 Å². The second kappa shape index (κ2) is 6.68. The minimum Gasteiger partial charge on any atom is -0.370 e. The predicted octanol–water partition coefficient (Wildman–Crippen LogP) is 3.27. The maximum Gasteiger partial charge on any atom is 0.253 e. The highest BCUT2D eigenvalue weighted by Gasteiger charge is 2.06. The Kier molecular flexibility index (Phi) is 4.93.